The average Bonchev–Trinajstić information content (AvgIpc) is 3.40. The molecule has 1 heterocycles. The van der Waals surface area contributed by atoms with Crippen molar-refractivity contribution in [2.45, 2.75) is 44.3 Å². The molecule has 0 aliphatic heterocycles. The standard InChI is InChI=1S/C20H20F5N3/c1-11(17-8-18(17)13-5-14(21)7-15(22)6-13)28-12(2)19-10-26-16(9-27-19)3-4-20(23,24)25/h5-7,9-10,12,17-18,28H,1,3-4,8H2,2H3/t12-,17?,18?/m1/s1. The molecule has 1 fully saturated rings. The number of hydrogen-bond donors (Lipinski definition) is 1. The van der Waals surface area contributed by atoms with Crippen LogP contribution in [0.15, 0.2) is 42.9 Å². The molecule has 3 atom stereocenters. The molecule has 1 aromatic heterocycles. The minimum atomic E-state index is -4.22. The summed E-state index contributed by atoms with van der Waals surface area (Å²) in [6.07, 6.45) is -1.84. The highest BCUT2D eigenvalue weighted by atomic mass is 19.4. The van der Waals surface area contributed by atoms with Crippen molar-refractivity contribution in [3.05, 3.63) is 71.5 Å². The van der Waals surface area contributed by atoms with Gasteiger partial charge in [0.25, 0.3) is 0 Å². The van der Waals surface area contributed by atoms with Gasteiger partial charge in [0.1, 0.15) is 11.6 Å². The SMILES string of the molecule is C=C(N[C@H](C)c1cnc(CCC(F)(F)F)cn1)C1CC1c1cc(F)cc(F)c1. The van der Waals surface area contributed by atoms with Gasteiger partial charge < -0.3 is 5.32 Å². The molecule has 0 saturated heterocycles. The molecule has 0 bridgehead atoms. The highest BCUT2D eigenvalue weighted by molar-refractivity contribution is 5.31. The van der Waals surface area contributed by atoms with E-state index < -0.39 is 24.2 Å². The third-order valence-corrected chi connectivity index (χ3v) is 4.79. The number of nitrogens with one attached hydrogen (secondary N) is 1. The molecule has 28 heavy (non-hydrogen) atoms. The summed E-state index contributed by atoms with van der Waals surface area (Å²) in [7, 11) is 0. The third kappa shape index (κ3) is 5.27. The number of aromatic nitrogens is 2. The summed E-state index contributed by atoms with van der Waals surface area (Å²) in [5.41, 5.74) is 2.19. The Morgan fingerprint density at radius 1 is 1.18 bits per heavy atom. The molecule has 1 saturated carbocycles. The van der Waals surface area contributed by atoms with E-state index in [9.17, 15) is 22.0 Å². The Labute approximate surface area is 159 Å². The van der Waals surface area contributed by atoms with Crippen LogP contribution in [0.1, 0.15) is 48.7 Å². The first-order valence-electron chi connectivity index (χ1n) is 8.91. The zero-order chi connectivity index (χ0) is 20.5. The lowest BCUT2D eigenvalue weighted by Gasteiger charge is -2.17. The van der Waals surface area contributed by atoms with Crippen LogP contribution in [0, 0.1) is 17.6 Å². The van der Waals surface area contributed by atoms with E-state index in [-0.39, 0.29) is 30.0 Å². The second-order valence-corrected chi connectivity index (χ2v) is 7.09. The molecule has 150 valence electrons. The highest BCUT2D eigenvalue weighted by Gasteiger charge is 2.41. The zero-order valence-corrected chi connectivity index (χ0v) is 15.2. The lowest BCUT2D eigenvalue weighted by Crippen LogP contribution is -2.20. The maximum Gasteiger partial charge on any atom is 0.389 e. The number of hydrogen-bond acceptors (Lipinski definition) is 3. The van der Waals surface area contributed by atoms with Crippen molar-refractivity contribution in [3.8, 4) is 0 Å². The van der Waals surface area contributed by atoms with Crippen molar-refractivity contribution in [1.82, 2.24) is 15.3 Å². The third-order valence-electron chi connectivity index (χ3n) is 4.79. The minimum absolute atomic E-state index is 0.00762. The van der Waals surface area contributed by atoms with Crippen LogP contribution in [0.4, 0.5) is 22.0 Å². The number of allylic oxidation sites excluding steroid dienone is 1. The summed E-state index contributed by atoms with van der Waals surface area (Å²) >= 11 is 0. The van der Waals surface area contributed by atoms with Crippen molar-refractivity contribution in [2.24, 2.45) is 5.92 Å². The van der Waals surface area contributed by atoms with Gasteiger partial charge in [0.15, 0.2) is 0 Å². The smallest absolute Gasteiger partial charge is 0.380 e. The van der Waals surface area contributed by atoms with Gasteiger partial charge in [0.05, 0.1) is 23.6 Å². The van der Waals surface area contributed by atoms with Crippen molar-refractivity contribution in [1.29, 1.82) is 0 Å². The van der Waals surface area contributed by atoms with E-state index in [0.717, 1.165) is 18.2 Å². The second-order valence-electron chi connectivity index (χ2n) is 7.09. The number of benzene rings is 1. The molecule has 1 aliphatic rings. The van der Waals surface area contributed by atoms with E-state index in [1.54, 1.807) is 0 Å². The lowest BCUT2D eigenvalue weighted by atomic mass is 10.1. The van der Waals surface area contributed by atoms with Gasteiger partial charge in [0.2, 0.25) is 0 Å². The molecule has 8 heteroatoms. The average molecular weight is 397 g/mol. The van der Waals surface area contributed by atoms with Crippen LogP contribution in [0.2, 0.25) is 0 Å². The monoisotopic (exact) mass is 397 g/mol. The molecule has 0 amide bonds. The first-order chi connectivity index (χ1) is 13.1. The lowest BCUT2D eigenvalue weighted by molar-refractivity contribution is -0.134. The fourth-order valence-corrected chi connectivity index (χ4v) is 3.18. The van der Waals surface area contributed by atoms with Gasteiger partial charge in [-0.15, -0.1) is 0 Å². The molecule has 2 aromatic rings. The first-order valence-corrected chi connectivity index (χ1v) is 8.91. The maximum absolute atomic E-state index is 13.4. The molecular weight excluding hydrogens is 377 g/mol. The van der Waals surface area contributed by atoms with Gasteiger partial charge in [-0.2, -0.15) is 13.2 Å². The summed E-state index contributed by atoms with van der Waals surface area (Å²) < 4.78 is 63.5. The van der Waals surface area contributed by atoms with Gasteiger partial charge in [-0.25, -0.2) is 8.78 Å². The van der Waals surface area contributed by atoms with Gasteiger partial charge in [-0.05, 0) is 43.4 Å². The van der Waals surface area contributed by atoms with Crippen molar-refractivity contribution in [2.75, 3.05) is 0 Å². The van der Waals surface area contributed by atoms with Crippen molar-refractivity contribution in [3.63, 3.8) is 0 Å². The molecule has 1 aromatic carbocycles. The van der Waals surface area contributed by atoms with Crippen LogP contribution in [-0.2, 0) is 6.42 Å². The molecule has 2 unspecified atom stereocenters. The van der Waals surface area contributed by atoms with Gasteiger partial charge in [-0.1, -0.05) is 6.58 Å². The van der Waals surface area contributed by atoms with E-state index in [1.807, 2.05) is 6.92 Å². The molecule has 1 N–H and O–H groups in total. The van der Waals surface area contributed by atoms with Gasteiger partial charge >= 0.3 is 6.18 Å². The highest BCUT2D eigenvalue weighted by Crippen LogP contribution is 2.51. The van der Waals surface area contributed by atoms with Crippen LogP contribution in [0.3, 0.4) is 0 Å². The van der Waals surface area contributed by atoms with E-state index in [2.05, 4.69) is 21.9 Å². The Morgan fingerprint density at radius 3 is 2.43 bits per heavy atom. The van der Waals surface area contributed by atoms with Crippen LogP contribution in [-0.4, -0.2) is 16.1 Å². The van der Waals surface area contributed by atoms with E-state index >= 15 is 0 Å². The fraction of sp³-hybridized carbons (Fsp3) is 0.400. The molecule has 0 radical (unpaired) electrons. The number of aryl methyl sites for hydroxylation is 1. The first kappa shape index (κ1) is 20.2. The predicted molar refractivity (Wildman–Crippen MR) is 94.3 cm³/mol. The molecule has 0 spiro atoms. The molecule has 1 aliphatic carbocycles. The number of halogens is 5. The molecule has 3 nitrogen and oxygen atoms in total. The molecular formula is C20H20F5N3. The van der Waals surface area contributed by atoms with Crippen molar-refractivity contribution < 1.29 is 22.0 Å². The maximum atomic E-state index is 13.4. The van der Waals surface area contributed by atoms with E-state index in [4.69, 9.17) is 0 Å². The zero-order valence-electron chi connectivity index (χ0n) is 15.2. The largest absolute Gasteiger partial charge is 0.389 e. The van der Waals surface area contributed by atoms with E-state index in [0.29, 0.717) is 11.3 Å². The fourth-order valence-electron chi connectivity index (χ4n) is 3.18. The number of rotatable bonds is 7. The quantitative estimate of drug-likeness (QED) is 0.651. The second kappa shape index (κ2) is 7.85. The van der Waals surface area contributed by atoms with Gasteiger partial charge in [-0.3, -0.25) is 9.97 Å². The summed E-state index contributed by atoms with van der Waals surface area (Å²) in [6, 6.07) is 3.25. The van der Waals surface area contributed by atoms with E-state index in [1.165, 1.54) is 24.5 Å². The summed E-state index contributed by atoms with van der Waals surface area (Å²) in [6.45, 7) is 5.84. The Kier molecular flexibility index (Phi) is 5.67. The normalized spacial score (nSPS) is 19.9. The number of nitrogens with zero attached hydrogens (tertiary/aromatic N) is 2. The Morgan fingerprint density at radius 2 is 1.86 bits per heavy atom. The summed E-state index contributed by atoms with van der Waals surface area (Å²) in [5.74, 6) is -1.14. The Balaban J connectivity index is 1.55. The van der Waals surface area contributed by atoms with Crippen molar-refractivity contribution >= 4 is 0 Å². The predicted octanol–water partition coefficient (Wildman–Crippen LogP) is 5.22. The Bertz CT molecular complexity index is 828. The number of alkyl halides is 3. The Hall–Kier alpha value is -2.51. The molecule has 3 rings (SSSR count). The van der Waals surface area contributed by atoms with Crippen LogP contribution < -0.4 is 5.32 Å². The van der Waals surface area contributed by atoms with Crippen LogP contribution in [0.5, 0.6) is 0 Å². The summed E-state index contributed by atoms with van der Waals surface area (Å²) in [4.78, 5) is 8.22. The minimum Gasteiger partial charge on any atom is -0.380 e. The summed E-state index contributed by atoms with van der Waals surface area (Å²) in [5, 5.41) is 3.20. The van der Waals surface area contributed by atoms with Crippen LogP contribution in [0.25, 0.3) is 0 Å². The van der Waals surface area contributed by atoms with Crippen LogP contribution >= 0.6 is 0 Å². The topological polar surface area (TPSA) is 37.8 Å². The van der Waals surface area contributed by atoms with Gasteiger partial charge in [0, 0.05) is 30.3 Å².